The molecule has 5 nitrogen and oxygen atoms in total. The third-order valence-corrected chi connectivity index (χ3v) is 5.35. The normalized spacial score (nSPS) is 10.8. The average Bonchev–Trinajstić information content (AvgIpc) is 3.14. The van der Waals surface area contributed by atoms with Gasteiger partial charge in [0.25, 0.3) is 5.91 Å². The molecule has 0 aliphatic heterocycles. The van der Waals surface area contributed by atoms with E-state index < -0.39 is 5.82 Å². The Morgan fingerprint density at radius 1 is 1.00 bits per heavy atom. The minimum atomic E-state index is -0.401. The molecule has 0 spiro atoms. The molecule has 4 aromatic rings. The number of hydrogen-bond donors (Lipinski definition) is 1. The quantitative estimate of drug-likeness (QED) is 0.362. The first-order chi connectivity index (χ1) is 15.9. The summed E-state index contributed by atoms with van der Waals surface area (Å²) in [7, 11) is 0. The first kappa shape index (κ1) is 22.5. The molecule has 1 heterocycles. The van der Waals surface area contributed by atoms with E-state index in [1.165, 1.54) is 24.3 Å². The van der Waals surface area contributed by atoms with E-state index >= 15 is 0 Å². The van der Waals surface area contributed by atoms with Gasteiger partial charge in [-0.2, -0.15) is 5.10 Å². The van der Waals surface area contributed by atoms with Gasteiger partial charge in [0.1, 0.15) is 24.0 Å². The molecule has 0 atom stereocenters. The molecule has 1 N–H and O–H groups in total. The smallest absolute Gasteiger partial charge is 0.256 e. The van der Waals surface area contributed by atoms with Crippen molar-refractivity contribution in [2.24, 2.45) is 0 Å². The molecule has 0 fully saturated rings. The summed E-state index contributed by atoms with van der Waals surface area (Å²) in [4.78, 5) is 12.6. The van der Waals surface area contributed by atoms with Crippen molar-refractivity contribution in [1.82, 2.24) is 9.78 Å². The highest BCUT2D eigenvalue weighted by molar-refractivity contribution is 6.31. The Morgan fingerprint density at radius 2 is 1.70 bits per heavy atom. The first-order valence-electron chi connectivity index (χ1n) is 10.1. The number of nitrogens with zero attached hydrogens (tertiary/aromatic N) is 2. The molecule has 1 aromatic heterocycles. The Labute approximate surface area is 194 Å². The number of carbonyl (C=O) groups excluding carboxylic acids is 1. The van der Waals surface area contributed by atoms with Crippen LogP contribution in [0.5, 0.6) is 5.75 Å². The lowest BCUT2D eigenvalue weighted by Gasteiger charge is -2.08. The number of ether oxygens (including phenoxy) is 1. The lowest BCUT2D eigenvalue weighted by molar-refractivity contribution is 0.102. The molecule has 0 bridgehead atoms. The van der Waals surface area contributed by atoms with Crippen LogP contribution in [0.2, 0.25) is 5.02 Å². The van der Waals surface area contributed by atoms with Crippen LogP contribution in [0, 0.1) is 18.6 Å². The van der Waals surface area contributed by atoms with Crippen LogP contribution < -0.4 is 10.1 Å². The van der Waals surface area contributed by atoms with Crippen molar-refractivity contribution in [1.29, 1.82) is 0 Å². The van der Waals surface area contributed by atoms with Crippen molar-refractivity contribution in [3.05, 3.63) is 112 Å². The summed E-state index contributed by atoms with van der Waals surface area (Å²) >= 11 is 6.10. The van der Waals surface area contributed by atoms with Crippen LogP contribution >= 0.6 is 11.6 Å². The number of rotatable bonds is 7. The maximum atomic E-state index is 13.3. The van der Waals surface area contributed by atoms with Gasteiger partial charge in [-0.15, -0.1) is 0 Å². The van der Waals surface area contributed by atoms with E-state index in [0.717, 1.165) is 16.8 Å². The Bertz CT molecular complexity index is 1270. The van der Waals surface area contributed by atoms with E-state index in [0.29, 0.717) is 35.3 Å². The number of anilines is 1. The van der Waals surface area contributed by atoms with Gasteiger partial charge in [-0.25, -0.2) is 8.78 Å². The highest BCUT2D eigenvalue weighted by atomic mass is 35.5. The topological polar surface area (TPSA) is 56.1 Å². The standard InChI is InChI=1S/C25H20ClF2N3O2/c1-16-12-24(30-31(16)14-19-6-7-21(28)13-23(19)26)29-25(32)18-4-2-17(3-5-18)15-33-22-10-8-20(27)9-11-22/h2-13H,14-15H2,1H3,(H,29,30,32). The molecule has 0 aliphatic rings. The number of halogens is 3. The third kappa shape index (κ3) is 5.75. The number of aryl methyl sites for hydroxylation is 1. The van der Waals surface area contributed by atoms with Crippen LogP contribution in [0.25, 0.3) is 0 Å². The van der Waals surface area contributed by atoms with E-state index in [1.54, 1.807) is 53.2 Å². The summed E-state index contributed by atoms with van der Waals surface area (Å²) in [5.74, 6) is -0.0602. The summed E-state index contributed by atoms with van der Waals surface area (Å²) in [5, 5.41) is 7.51. The third-order valence-electron chi connectivity index (χ3n) is 4.99. The van der Waals surface area contributed by atoms with Crippen molar-refractivity contribution in [2.75, 3.05) is 5.32 Å². The van der Waals surface area contributed by atoms with Crippen LogP contribution in [0.3, 0.4) is 0 Å². The van der Waals surface area contributed by atoms with Crippen molar-refractivity contribution in [2.45, 2.75) is 20.1 Å². The predicted molar refractivity (Wildman–Crippen MR) is 123 cm³/mol. The van der Waals surface area contributed by atoms with Gasteiger partial charge in [-0.1, -0.05) is 29.8 Å². The van der Waals surface area contributed by atoms with Crippen molar-refractivity contribution >= 4 is 23.3 Å². The zero-order valence-electron chi connectivity index (χ0n) is 17.7. The van der Waals surface area contributed by atoms with Gasteiger partial charge < -0.3 is 10.1 Å². The Morgan fingerprint density at radius 3 is 2.39 bits per heavy atom. The van der Waals surface area contributed by atoms with Gasteiger partial charge in [0.15, 0.2) is 5.82 Å². The molecular formula is C25H20ClF2N3O2. The highest BCUT2D eigenvalue weighted by Crippen LogP contribution is 2.20. The van der Waals surface area contributed by atoms with E-state index in [-0.39, 0.29) is 11.7 Å². The molecule has 0 aliphatic carbocycles. The summed E-state index contributed by atoms with van der Waals surface area (Å²) in [6.45, 7) is 2.50. The maximum Gasteiger partial charge on any atom is 0.256 e. The second-order valence-electron chi connectivity index (χ2n) is 7.46. The molecule has 8 heteroatoms. The fourth-order valence-corrected chi connectivity index (χ4v) is 3.41. The molecule has 1 amide bonds. The van der Waals surface area contributed by atoms with Crippen LogP contribution in [0.4, 0.5) is 14.6 Å². The Hall–Kier alpha value is -3.71. The van der Waals surface area contributed by atoms with Crippen molar-refractivity contribution in [3.63, 3.8) is 0 Å². The number of amides is 1. The van der Waals surface area contributed by atoms with Crippen LogP contribution in [0.1, 0.15) is 27.2 Å². The van der Waals surface area contributed by atoms with E-state index in [2.05, 4.69) is 10.4 Å². The number of carbonyl (C=O) groups is 1. The highest BCUT2D eigenvalue weighted by Gasteiger charge is 2.12. The SMILES string of the molecule is Cc1cc(NC(=O)c2ccc(COc3ccc(F)cc3)cc2)nn1Cc1ccc(F)cc1Cl. The molecule has 3 aromatic carbocycles. The molecule has 0 radical (unpaired) electrons. The molecule has 4 rings (SSSR count). The Balaban J connectivity index is 1.37. The van der Waals surface area contributed by atoms with E-state index in [1.807, 2.05) is 6.92 Å². The van der Waals surface area contributed by atoms with Crippen LogP contribution in [0.15, 0.2) is 72.8 Å². The molecule has 168 valence electrons. The molecular weight excluding hydrogens is 448 g/mol. The first-order valence-corrected chi connectivity index (χ1v) is 10.5. The number of hydrogen-bond acceptors (Lipinski definition) is 3. The van der Waals surface area contributed by atoms with Crippen LogP contribution in [-0.2, 0) is 13.2 Å². The maximum absolute atomic E-state index is 13.3. The fourth-order valence-electron chi connectivity index (χ4n) is 3.18. The number of aromatic nitrogens is 2. The molecule has 0 unspecified atom stereocenters. The van der Waals surface area contributed by atoms with Crippen LogP contribution in [-0.4, -0.2) is 15.7 Å². The van der Waals surface area contributed by atoms with Gasteiger partial charge in [0.05, 0.1) is 6.54 Å². The van der Waals surface area contributed by atoms with Crippen molar-refractivity contribution < 1.29 is 18.3 Å². The van der Waals surface area contributed by atoms with Gasteiger partial charge in [0.2, 0.25) is 0 Å². The second-order valence-corrected chi connectivity index (χ2v) is 7.87. The average molecular weight is 468 g/mol. The Kier molecular flexibility index (Phi) is 6.70. The predicted octanol–water partition coefficient (Wildman–Crippen LogP) is 6.00. The molecule has 0 saturated heterocycles. The summed E-state index contributed by atoms with van der Waals surface area (Å²) in [6.07, 6.45) is 0. The summed E-state index contributed by atoms with van der Waals surface area (Å²) in [6, 6.07) is 18.7. The van der Waals surface area contributed by atoms with Gasteiger partial charge in [-0.05, 0) is 66.6 Å². The lowest BCUT2D eigenvalue weighted by Crippen LogP contribution is -2.13. The second kappa shape index (κ2) is 9.83. The van der Waals surface area contributed by atoms with Gasteiger partial charge in [0, 0.05) is 22.3 Å². The monoisotopic (exact) mass is 467 g/mol. The van der Waals surface area contributed by atoms with Crippen molar-refractivity contribution in [3.8, 4) is 5.75 Å². The number of benzene rings is 3. The summed E-state index contributed by atoms with van der Waals surface area (Å²) < 4.78 is 33.5. The molecule has 0 saturated carbocycles. The van der Waals surface area contributed by atoms with E-state index in [9.17, 15) is 13.6 Å². The number of nitrogens with one attached hydrogen (secondary N) is 1. The van der Waals surface area contributed by atoms with E-state index in [4.69, 9.17) is 16.3 Å². The van der Waals surface area contributed by atoms with Gasteiger partial charge in [-0.3, -0.25) is 9.48 Å². The zero-order chi connectivity index (χ0) is 23.4. The fraction of sp³-hybridized carbons (Fsp3) is 0.120. The summed E-state index contributed by atoms with van der Waals surface area (Å²) in [5.41, 5.74) is 2.88. The largest absolute Gasteiger partial charge is 0.489 e. The minimum Gasteiger partial charge on any atom is -0.489 e. The molecule has 33 heavy (non-hydrogen) atoms. The zero-order valence-corrected chi connectivity index (χ0v) is 18.4. The lowest BCUT2D eigenvalue weighted by atomic mass is 10.1. The van der Waals surface area contributed by atoms with Gasteiger partial charge >= 0.3 is 0 Å². The minimum absolute atomic E-state index is 0.295.